The van der Waals surface area contributed by atoms with Crippen LogP contribution in [0.1, 0.15) is 91.4 Å². The van der Waals surface area contributed by atoms with Gasteiger partial charge in [-0.25, -0.2) is 0 Å². The van der Waals surface area contributed by atoms with Crippen LogP contribution in [0.5, 0.6) is 0 Å². The van der Waals surface area contributed by atoms with Gasteiger partial charge in [-0.2, -0.15) is 0 Å². The van der Waals surface area contributed by atoms with Crippen molar-refractivity contribution in [2.45, 2.75) is 91.4 Å². The third kappa shape index (κ3) is 4.50. The summed E-state index contributed by atoms with van der Waals surface area (Å²) in [7, 11) is 0. The summed E-state index contributed by atoms with van der Waals surface area (Å²) >= 11 is 0. The van der Waals surface area contributed by atoms with Crippen molar-refractivity contribution >= 4 is 0 Å². The molecule has 0 amide bonds. The van der Waals surface area contributed by atoms with Crippen LogP contribution in [0.15, 0.2) is 0 Å². The standard InChI is InChI=1S/C19H36/c1-15-11-9-7-5-4-6-8-10-12-18-14-19(13-15)17(3)16(18)2/h15-19H,4-14H2,1-3H3/t15?,16-,17+,18?,19?/m1/s1. The van der Waals surface area contributed by atoms with E-state index < -0.39 is 0 Å². The predicted molar refractivity (Wildman–Crippen MR) is 85.3 cm³/mol. The fraction of sp³-hybridized carbons (Fsp3) is 1.00. The van der Waals surface area contributed by atoms with Gasteiger partial charge < -0.3 is 0 Å². The van der Waals surface area contributed by atoms with Gasteiger partial charge in [0.25, 0.3) is 0 Å². The second kappa shape index (κ2) is 7.70. The molecule has 0 aromatic heterocycles. The van der Waals surface area contributed by atoms with Gasteiger partial charge in [-0.3, -0.25) is 0 Å². The van der Waals surface area contributed by atoms with E-state index in [9.17, 15) is 0 Å². The predicted octanol–water partition coefficient (Wildman–Crippen LogP) is 6.45. The smallest absolute Gasteiger partial charge is 0.0381 e. The Balaban J connectivity index is 1.90. The van der Waals surface area contributed by atoms with Gasteiger partial charge in [0, 0.05) is 0 Å². The summed E-state index contributed by atoms with van der Waals surface area (Å²) in [5, 5.41) is 0. The lowest BCUT2D eigenvalue weighted by atomic mass is 9.84. The maximum atomic E-state index is 2.54. The molecule has 112 valence electrons. The minimum atomic E-state index is 0.973. The van der Waals surface area contributed by atoms with E-state index in [-0.39, 0.29) is 0 Å². The first-order valence-electron chi connectivity index (χ1n) is 9.18. The highest BCUT2D eigenvalue weighted by atomic mass is 14.4. The first-order valence-corrected chi connectivity index (χ1v) is 9.18. The maximum absolute atomic E-state index is 2.54. The molecule has 5 atom stereocenters. The quantitative estimate of drug-likeness (QED) is 0.472. The van der Waals surface area contributed by atoms with Crippen molar-refractivity contribution in [3.8, 4) is 0 Å². The molecule has 2 rings (SSSR count). The Bertz CT molecular complexity index is 242. The topological polar surface area (TPSA) is 0 Å². The summed E-state index contributed by atoms with van der Waals surface area (Å²) in [6.07, 6.45) is 16.5. The second-order valence-corrected chi connectivity index (χ2v) is 7.87. The Morgan fingerprint density at radius 3 is 1.74 bits per heavy atom. The number of rotatable bonds is 0. The van der Waals surface area contributed by atoms with E-state index in [1.165, 1.54) is 64.2 Å². The molecule has 2 aliphatic carbocycles. The monoisotopic (exact) mass is 264 g/mol. The fourth-order valence-corrected chi connectivity index (χ4v) is 4.79. The molecule has 0 heterocycles. The zero-order valence-corrected chi connectivity index (χ0v) is 13.7. The first-order chi connectivity index (χ1) is 9.18. The molecule has 0 aromatic rings. The summed E-state index contributed by atoms with van der Waals surface area (Å²) < 4.78 is 0. The van der Waals surface area contributed by atoms with Gasteiger partial charge in [-0.1, -0.05) is 78.6 Å². The van der Waals surface area contributed by atoms with Crippen LogP contribution in [-0.4, -0.2) is 0 Å². The average molecular weight is 264 g/mol. The van der Waals surface area contributed by atoms with Gasteiger partial charge in [-0.05, 0) is 42.4 Å². The van der Waals surface area contributed by atoms with E-state index in [1.54, 1.807) is 6.42 Å². The van der Waals surface area contributed by atoms with Gasteiger partial charge in [0.1, 0.15) is 0 Å². The van der Waals surface area contributed by atoms with Crippen molar-refractivity contribution in [1.29, 1.82) is 0 Å². The third-order valence-electron chi connectivity index (χ3n) is 6.40. The molecule has 2 bridgehead atoms. The van der Waals surface area contributed by atoms with Crippen molar-refractivity contribution in [1.82, 2.24) is 0 Å². The highest BCUT2D eigenvalue weighted by Crippen LogP contribution is 2.46. The maximum Gasteiger partial charge on any atom is -0.0381 e. The second-order valence-electron chi connectivity index (χ2n) is 7.87. The molecular formula is C19H36. The molecule has 2 saturated carbocycles. The van der Waals surface area contributed by atoms with Crippen molar-refractivity contribution in [2.24, 2.45) is 29.6 Å². The summed E-state index contributed by atoms with van der Waals surface area (Å²) in [5.41, 5.74) is 0. The number of hydrogen-bond acceptors (Lipinski definition) is 0. The molecular weight excluding hydrogens is 228 g/mol. The van der Waals surface area contributed by atoms with Crippen LogP contribution in [-0.2, 0) is 0 Å². The lowest BCUT2D eigenvalue weighted by Crippen LogP contribution is -2.13. The van der Waals surface area contributed by atoms with E-state index in [1.807, 2.05) is 0 Å². The van der Waals surface area contributed by atoms with Crippen LogP contribution in [0.25, 0.3) is 0 Å². The van der Waals surface area contributed by atoms with Gasteiger partial charge in [0.2, 0.25) is 0 Å². The largest absolute Gasteiger partial charge is 0.0625 e. The highest BCUT2D eigenvalue weighted by molar-refractivity contribution is 4.87. The van der Waals surface area contributed by atoms with E-state index in [2.05, 4.69) is 20.8 Å². The van der Waals surface area contributed by atoms with Crippen LogP contribution in [0.3, 0.4) is 0 Å². The lowest BCUT2D eigenvalue weighted by molar-refractivity contribution is 0.283. The van der Waals surface area contributed by atoms with Crippen molar-refractivity contribution in [3.05, 3.63) is 0 Å². The molecule has 19 heavy (non-hydrogen) atoms. The summed E-state index contributed by atoms with van der Waals surface area (Å²) in [4.78, 5) is 0. The van der Waals surface area contributed by atoms with Crippen LogP contribution in [0, 0.1) is 29.6 Å². The third-order valence-corrected chi connectivity index (χ3v) is 6.40. The summed E-state index contributed by atoms with van der Waals surface area (Å²) in [5.74, 6) is 5.04. The minimum absolute atomic E-state index is 0.973. The SMILES string of the molecule is CC1CCCCCCCCCC2CC(C1)[C@@H](C)[C@H]2C. The molecule has 2 fully saturated rings. The molecule has 0 N–H and O–H groups in total. The Morgan fingerprint density at radius 1 is 0.526 bits per heavy atom. The Labute approximate surface area is 121 Å². The molecule has 0 radical (unpaired) electrons. The van der Waals surface area contributed by atoms with Gasteiger partial charge >= 0.3 is 0 Å². The van der Waals surface area contributed by atoms with Gasteiger partial charge in [-0.15, -0.1) is 0 Å². The Kier molecular flexibility index (Phi) is 6.23. The Morgan fingerprint density at radius 2 is 1.05 bits per heavy atom. The zero-order valence-electron chi connectivity index (χ0n) is 13.7. The van der Waals surface area contributed by atoms with Crippen molar-refractivity contribution in [2.75, 3.05) is 0 Å². The normalized spacial score (nSPS) is 42.8. The molecule has 0 nitrogen and oxygen atoms in total. The van der Waals surface area contributed by atoms with Crippen molar-refractivity contribution < 1.29 is 0 Å². The van der Waals surface area contributed by atoms with E-state index in [0.29, 0.717) is 0 Å². The van der Waals surface area contributed by atoms with Crippen LogP contribution in [0.2, 0.25) is 0 Å². The van der Waals surface area contributed by atoms with Gasteiger partial charge in [0.15, 0.2) is 0 Å². The zero-order chi connectivity index (χ0) is 13.7. The number of hydrogen-bond donors (Lipinski definition) is 0. The molecule has 3 unspecified atom stereocenters. The van der Waals surface area contributed by atoms with Crippen LogP contribution < -0.4 is 0 Å². The van der Waals surface area contributed by atoms with E-state index >= 15 is 0 Å². The Hall–Kier alpha value is 0. The molecule has 0 aliphatic heterocycles. The number of fused-ring (bicyclic) bond motifs is 2. The minimum Gasteiger partial charge on any atom is -0.0625 e. The van der Waals surface area contributed by atoms with Gasteiger partial charge in [0.05, 0.1) is 0 Å². The molecule has 0 spiro atoms. The summed E-state index contributed by atoms with van der Waals surface area (Å²) in [6, 6.07) is 0. The fourth-order valence-electron chi connectivity index (χ4n) is 4.79. The molecule has 0 saturated heterocycles. The van der Waals surface area contributed by atoms with Crippen LogP contribution in [0.4, 0.5) is 0 Å². The highest BCUT2D eigenvalue weighted by Gasteiger charge is 2.37. The first kappa shape index (κ1) is 15.4. The average Bonchev–Trinajstić information content (AvgIpc) is 2.64. The summed E-state index contributed by atoms with van der Waals surface area (Å²) in [6.45, 7) is 7.59. The van der Waals surface area contributed by atoms with E-state index in [0.717, 1.165) is 29.6 Å². The molecule has 2 aliphatic rings. The lowest BCUT2D eigenvalue weighted by Gasteiger charge is -2.22. The van der Waals surface area contributed by atoms with Crippen LogP contribution >= 0.6 is 0 Å². The molecule has 0 aromatic carbocycles. The van der Waals surface area contributed by atoms with Crippen molar-refractivity contribution in [3.63, 3.8) is 0 Å². The molecule has 0 heteroatoms. The van der Waals surface area contributed by atoms with E-state index in [4.69, 9.17) is 0 Å².